The van der Waals surface area contributed by atoms with Gasteiger partial charge in [-0.25, -0.2) is 0 Å². The maximum atomic E-state index is 3.47. The van der Waals surface area contributed by atoms with E-state index in [2.05, 4.69) is 30.2 Å². The first-order valence-corrected chi connectivity index (χ1v) is 4.70. The van der Waals surface area contributed by atoms with E-state index in [1.165, 1.54) is 18.4 Å². The third-order valence-corrected chi connectivity index (χ3v) is 2.10. The smallest absolute Gasteiger partial charge is 0.0306 e. The summed E-state index contributed by atoms with van der Waals surface area (Å²) in [5.74, 6) is 0. The van der Waals surface area contributed by atoms with E-state index in [0.717, 1.165) is 6.54 Å². The molecule has 2 nitrogen and oxygen atoms in total. The van der Waals surface area contributed by atoms with Crippen LogP contribution in [-0.4, -0.2) is 11.5 Å². The number of hydrogen-bond donors (Lipinski definition) is 2. The Morgan fingerprint density at radius 1 is 1.58 bits per heavy atom. The van der Waals surface area contributed by atoms with Crippen LogP contribution in [0.3, 0.4) is 0 Å². The molecule has 0 aromatic carbocycles. The number of H-pyrrole nitrogens is 1. The second kappa shape index (κ2) is 4.99. The highest BCUT2D eigenvalue weighted by molar-refractivity contribution is 5.12. The molecule has 0 bridgehead atoms. The van der Waals surface area contributed by atoms with Crippen LogP contribution in [-0.2, 0) is 0 Å². The van der Waals surface area contributed by atoms with Gasteiger partial charge in [0.2, 0.25) is 0 Å². The summed E-state index contributed by atoms with van der Waals surface area (Å²) in [7, 11) is 0. The van der Waals surface area contributed by atoms with Gasteiger partial charge in [-0.2, -0.15) is 0 Å². The fourth-order valence-corrected chi connectivity index (χ4v) is 1.22. The van der Waals surface area contributed by atoms with Gasteiger partial charge in [-0.3, -0.25) is 0 Å². The fraction of sp³-hybridized carbons (Fsp3) is 0.600. The molecular formula is C10H18N2. The first-order chi connectivity index (χ1) is 5.84. The number of hydrogen-bond acceptors (Lipinski definition) is 1. The Labute approximate surface area is 74.4 Å². The standard InChI is InChI=1S/C10H18N2/c1-3-4-6-12-9(2)10-5-7-11-8-10/h5,7-9,11-12H,3-4,6H2,1-2H3. The largest absolute Gasteiger partial charge is 0.367 e. The van der Waals surface area contributed by atoms with Crippen LogP contribution in [0.5, 0.6) is 0 Å². The van der Waals surface area contributed by atoms with Gasteiger partial charge in [-0.05, 0) is 31.5 Å². The minimum absolute atomic E-state index is 0.475. The van der Waals surface area contributed by atoms with Gasteiger partial charge >= 0.3 is 0 Å². The Kier molecular flexibility index (Phi) is 3.88. The number of aromatic amines is 1. The van der Waals surface area contributed by atoms with Crippen molar-refractivity contribution >= 4 is 0 Å². The molecule has 0 radical (unpaired) electrons. The lowest BCUT2D eigenvalue weighted by atomic mass is 10.2. The Morgan fingerprint density at radius 3 is 3.00 bits per heavy atom. The van der Waals surface area contributed by atoms with E-state index >= 15 is 0 Å². The van der Waals surface area contributed by atoms with E-state index in [4.69, 9.17) is 0 Å². The molecule has 0 amide bonds. The summed E-state index contributed by atoms with van der Waals surface area (Å²) >= 11 is 0. The van der Waals surface area contributed by atoms with Crippen LogP contribution in [0.15, 0.2) is 18.5 Å². The zero-order valence-corrected chi connectivity index (χ0v) is 7.93. The SMILES string of the molecule is CCCCNC(C)c1cc[nH]c1. The molecule has 2 heteroatoms. The first kappa shape index (κ1) is 9.33. The van der Waals surface area contributed by atoms with Crippen LogP contribution in [0.1, 0.15) is 38.3 Å². The topological polar surface area (TPSA) is 27.8 Å². The van der Waals surface area contributed by atoms with Gasteiger partial charge in [-0.15, -0.1) is 0 Å². The van der Waals surface area contributed by atoms with Gasteiger partial charge in [0.1, 0.15) is 0 Å². The summed E-state index contributed by atoms with van der Waals surface area (Å²) in [5, 5.41) is 3.47. The van der Waals surface area contributed by atoms with Gasteiger partial charge in [0.15, 0.2) is 0 Å². The summed E-state index contributed by atoms with van der Waals surface area (Å²) in [6.45, 7) is 5.52. The molecule has 2 N–H and O–H groups in total. The Bertz CT molecular complexity index is 192. The van der Waals surface area contributed by atoms with Crippen molar-refractivity contribution < 1.29 is 0 Å². The molecule has 1 heterocycles. The maximum absolute atomic E-state index is 3.47. The molecule has 0 aliphatic carbocycles. The van der Waals surface area contributed by atoms with Crippen LogP contribution < -0.4 is 5.32 Å². The monoisotopic (exact) mass is 166 g/mol. The van der Waals surface area contributed by atoms with Crippen LogP contribution >= 0.6 is 0 Å². The van der Waals surface area contributed by atoms with Crippen molar-refractivity contribution in [1.29, 1.82) is 0 Å². The second-order valence-corrected chi connectivity index (χ2v) is 3.17. The first-order valence-electron chi connectivity index (χ1n) is 4.70. The van der Waals surface area contributed by atoms with E-state index < -0.39 is 0 Å². The molecule has 0 fully saturated rings. The number of rotatable bonds is 5. The molecule has 0 spiro atoms. The van der Waals surface area contributed by atoms with Gasteiger partial charge in [0.25, 0.3) is 0 Å². The van der Waals surface area contributed by atoms with Crippen LogP contribution in [0.25, 0.3) is 0 Å². The van der Waals surface area contributed by atoms with Crippen molar-refractivity contribution in [3.05, 3.63) is 24.0 Å². The van der Waals surface area contributed by atoms with Gasteiger partial charge < -0.3 is 10.3 Å². The Morgan fingerprint density at radius 2 is 2.42 bits per heavy atom. The highest BCUT2D eigenvalue weighted by Crippen LogP contribution is 2.09. The highest BCUT2D eigenvalue weighted by atomic mass is 14.9. The van der Waals surface area contributed by atoms with E-state index in [9.17, 15) is 0 Å². The van der Waals surface area contributed by atoms with Crippen molar-refractivity contribution in [3.63, 3.8) is 0 Å². The summed E-state index contributed by atoms with van der Waals surface area (Å²) in [6.07, 6.45) is 6.53. The molecule has 0 aliphatic heterocycles. The predicted octanol–water partition coefficient (Wildman–Crippen LogP) is 2.47. The minimum atomic E-state index is 0.475. The number of unbranched alkanes of at least 4 members (excludes halogenated alkanes) is 1. The molecule has 1 aromatic rings. The van der Waals surface area contributed by atoms with Gasteiger partial charge in [-0.1, -0.05) is 13.3 Å². The van der Waals surface area contributed by atoms with Crippen molar-refractivity contribution in [2.24, 2.45) is 0 Å². The van der Waals surface area contributed by atoms with Gasteiger partial charge in [0, 0.05) is 18.4 Å². The quantitative estimate of drug-likeness (QED) is 0.646. The van der Waals surface area contributed by atoms with Crippen LogP contribution in [0.4, 0.5) is 0 Å². The molecule has 12 heavy (non-hydrogen) atoms. The van der Waals surface area contributed by atoms with Crippen LogP contribution in [0, 0.1) is 0 Å². The molecule has 1 rings (SSSR count). The molecule has 0 aliphatic rings. The molecule has 0 saturated carbocycles. The summed E-state index contributed by atoms with van der Waals surface area (Å²) in [4.78, 5) is 3.06. The fourth-order valence-electron chi connectivity index (χ4n) is 1.22. The van der Waals surface area contributed by atoms with Gasteiger partial charge in [0.05, 0.1) is 0 Å². The average molecular weight is 166 g/mol. The van der Waals surface area contributed by atoms with E-state index in [-0.39, 0.29) is 0 Å². The second-order valence-electron chi connectivity index (χ2n) is 3.17. The zero-order valence-electron chi connectivity index (χ0n) is 7.93. The van der Waals surface area contributed by atoms with Crippen molar-refractivity contribution in [2.45, 2.75) is 32.7 Å². The molecule has 0 saturated heterocycles. The normalized spacial score (nSPS) is 13.2. The molecule has 1 aromatic heterocycles. The third-order valence-electron chi connectivity index (χ3n) is 2.10. The molecular weight excluding hydrogens is 148 g/mol. The maximum Gasteiger partial charge on any atom is 0.0306 e. The predicted molar refractivity (Wildman–Crippen MR) is 52.1 cm³/mol. The lowest BCUT2D eigenvalue weighted by molar-refractivity contribution is 0.555. The third kappa shape index (κ3) is 2.70. The Balaban J connectivity index is 2.25. The van der Waals surface area contributed by atoms with Crippen LogP contribution in [0.2, 0.25) is 0 Å². The minimum Gasteiger partial charge on any atom is -0.367 e. The number of nitrogens with one attached hydrogen (secondary N) is 2. The highest BCUT2D eigenvalue weighted by Gasteiger charge is 2.02. The van der Waals surface area contributed by atoms with E-state index in [1.807, 2.05) is 12.4 Å². The van der Waals surface area contributed by atoms with E-state index in [1.54, 1.807) is 0 Å². The van der Waals surface area contributed by atoms with Crippen molar-refractivity contribution in [2.75, 3.05) is 6.54 Å². The summed E-state index contributed by atoms with van der Waals surface area (Å²) < 4.78 is 0. The molecule has 68 valence electrons. The summed E-state index contributed by atoms with van der Waals surface area (Å²) in [6, 6.07) is 2.59. The lowest BCUT2D eigenvalue weighted by Crippen LogP contribution is -2.19. The zero-order chi connectivity index (χ0) is 8.81. The van der Waals surface area contributed by atoms with Crippen molar-refractivity contribution in [3.8, 4) is 0 Å². The molecule has 1 unspecified atom stereocenters. The Hall–Kier alpha value is -0.760. The molecule has 1 atom stereocenters. The number of aromatic nitrogens is 1. The average Bonchev–Trinajstić information content (AvgIpc) is 2.56. The summed E-state index contributed by atoms with van der Waals surface area (Å²) in [5.41, 5.74) is 1.34. The lowest BCUT2D eigenvalue weighted by Gasteiger charge is -2.11. The van der Waals surface area contributed by atoms with Crippen molar-refractivity contribution in [1.82, 2.24) is 10.3 Å². The van der Waals surface area contributed by atoms with E-state index in [0.29, 0.717) is 6.04 Å².